The molecular weight excluding hydrogens is 274 g/mol. The second-order valence-electron chi connectivity index (χ2n) is 6.42. The second-order valence-corrected chi connectivity index (χ2v) is 6.42. The van der Waals surface area contributed by atoms with E-state index < -0.39 is 23.8 Å². The van der Waals surface area contributed by atoms with Gasteiger partial charge < -0.3 is 15.2 Å². The maximum atomic E-state index is 12.5. The number of methoxy groups -OCH3 is 1. The highest BCUT2D eigenvalue weighted by Gasteiger charge is 2.60. The van der Waals surface area contributed by atoms with Gasteiger partial charge in [-0.25, -0.2) is 0 Å². The van der Waals surface area contributed by atoms with Crippen molar-refractivity contribution < 1.29 is 24.2 Å². The van der Waals surface area contributed by atoms with Gasteiger partial charge in [0.05, 0.1) is 18.9 Å². The van der Waals surface area contributed by atoms with E-state index in [1.807, 2.05) is 0 Å². The number of fused-ring (bicyclic) bond motifs is 2. The average molecular weight is 297 g/mol. The Morgan fingerprint density at radius 2 is 1.67 bits per heavy atom. The first-order valence-electron chi connectivity index (χ1n) is 7.40. The average Bonchev–Trinajstić information content (AvgIpc) is 2.95. The Morgan fingerprint density at radius 1 is 1.14 bits per heavy atom. The minimum Gasteiger partial charge on any atom is -0.480 e. The summed E-state index contributed by atoms with van der Waals surface area (Å²) >= 11 is 0. The lowest BCUT2D eigenvalue weighted by molar-refractivity contribution is -0.155. The van der Waals surface area contributed by atoms with Crippen molar-refractivity contribution in [2.75, 3.05) is 7.11 Å². The van der Waals surface area contributed by atoms with E-state index in [2.05, 4.69) is 19.2 Å². The Bertz CT molecular complexity index is 463. The molecule has 2 rings (SSSR count). The summed E-state index contributed by atoms with van der Waals surface area (Å²) in [5.41, 5.74) is 0. The van der Waals surface area contributed by atoms with Crippen molar-refractivity contribution in [3.8, 4) is 0 Å². The quantitative estimate of drug-likeness (QED) is 0.752. The van der Waals surface area contributed by atoms with Crippen LogP contribution < -0.4 is 5.32 Å². The maximum Gasteiger partial charge on any atom is 0.325 e. The normalized spacial score (nSPS) is 38.9. The molecule has 0 spiro atoms. The number of nitrogens with one attached hydrogen (secondary N) is 1. The summed E-state index contributed by atoms with van der Waals surface area (Å²) in [7, 11) is 1.33. The number of rotatable bonds is 4. The molecule has 7 atom stereocenters. The Labute approximate surface area is 124 Å². The summed E-state index contributed by atoms with van der Waals surface area (Å²) in [5.74, 6) is -1.71. The molecule has 2 N–H and O–H groups in total. The molecule has 21 heavy (non-hydrogen) atoms. The van der Waals surface area contributed by atoms with Crippen molar-refractivity contribution in [2.45, 2.75) is 33.2 Å². The van der Waals surface area contributed by atoms with Crippen LogP contribution in [0.2, 0.25) is 0 Å². The van der Waals surface area contributed by atoms with Gasteiger partial charge in [0.25, 0.3) is 0 Å². The molecule has 0 saturated heterocycles. The van der Waals surface area contributed by atoms with E-state index in [0.29, 0.717) is 11.8 Å². The predicted octanol–water partition coefficient (Wildman–Crippen LogP) is 0.903. The van der Waals surface area contributed by atoms with Crippen molar-refractivity contribution in [1.29, 1.82) is 0 Å². The molecule has 2 fully saturated rings. The van der Waals surface area contributed by atoms with Crippen LogP contribution in [0.1, 0.15) is 27.2 Å². The molecule has 0 radical (unpaired) electrons. The van der Waals surface area contributed by atoms with Crippen molar-refractivity contribution in [3.63, 3.8) is 0 Å². The molecule has 2 bridgehead atoms. The highest BCUT2D eigenvalue weighted by atomic mass is 16.5. The highest BCUT2D eigenvalue weighted by Crippen LogP contribution is 2.58. The summed E-state index contributed by atoms with van der Waals surface area (Å²) in [5, 5.41) is 11.4. The zero-order valence-corrected chi connectivity index (χ0v) is 12.8. The number of hydrogen-bond donors (Lipinski definition) is 2. The van der Waals surface area contributed by atoms with Crippen LogP contribution in [0.5, 0.6) is 0 Å². The van der Waals surface area contributed by atoms with Gasteiger partial charge in [-0.15, -0.1) is 0 Å². The van der Waals surface area contributed by atoms with E-state index in [0.717, 1.165) is 6.42 Å². The van der Waals surface area contributed by atoms with Crippen molar-refractivity contribution in [1.82, 2.24) is 5.32 Å². The van der Waals surface area contributed by atoms with Gasteiger partial charge in [0, 0.05) is 0 Å². The largest absolute Gasteiger partial charge is 0.480 e. The van der Waals surface area contributed by atoms with E-state index in [4.69, 9.17) is 9.84 Å². The van der Waals surface area contributed by atoms with Crippen LogP contribution >= 0.6 is 0 Å². The number of carbonyl (C=O) groups excluding carboxylic acids is 2. The molecule has 2 aliphatic rings. The topological polar surface area (TPSA) is 92.7 Å². The molecule has 0 aromatic carbocycles. The van der Waals surface area contributed by atoms with Crippen molar-refractivity contribution in [3.05, 3.63) is 0 Å². The van der Waals surface area contributed by atoms with Gasteiger partial charge in [-0.2, -0.15) is 0 Å². The fourth-order valence-electron chi connectivity index (χ4n) is 4.19. The molecule has 0 aromatic rings. The van der Waals surface area contributed by atoms with E-state index in [9.17, 15) is 14.4 Å². The van der Waals surface area contributed by atoms with Crippen molar-refractivity contribution in [2.24, 2.45) is 35.5 Å². The Kier molecular flexibility index (Phi) is 4.25. The predicted molar refractivity (Wildman–Crippen MR) is 74.2 cm³/mol. The van der Waals surface area contributed by atoms with E-state index in [1.54, 1.807) is 0 Å². The second kappa shape index (κ2) is 5.66. The van der Waals surface area contributed by atoms with Crippen LogP contribution in [-0.4, -0.2) is 36.1 Å². The van der Waals surface area contributed by atoms with Gasteiger partial charge in [0.15, 0.2) is 0 Å². The molecular formula is C15H23NO5. The zero-order chi connectivity index (χ0) is 15.9. The summed E-state index contributed by atoms with van der Waals surface area (Å²) in [6, 6.07) is -0.956. The lowest BCUT2D eigenvalue weighted by Crippen LogP contribution is -2.49. The Balaban J connectivity index is 2.21. The van der Waals surface area contributed by atoms with Gasteiger partial charge >= 0.3 is 11.9 Å². The number of esters is 1. The summed E-state index contributed by atoms with van der Waals surface area (Å²) < 4.78 is 4.87. The molecule has 0 aliphatic heterocycles. The van der Waals surface area contributed by atoms with Crippen LogP contribution in [0.25, 0.3) is 0 Å². The third-order valence-corrected chi connectivity index (χ3v) is 5.54. The lowest BCUT2D eigenvalue weighted by atomic mass is 9.69. The maximum absolute atomic E-state index is 12.5. The smallest absolute Gasteiger partial charge is 0.325 e. The van der Waals surface area contributed by atoms with Crippen molar-refractivity contribution >= 4 is 17.8 Å². The molecule has 2 saturated carbocycles. The number of hydrogen-bond acceptors (Lipinski definition) is 4. The third kappa shape index (κ3) is 2.51. The lowest BCUT2D eigenvalue weighted by Gasteiger charge is -2.36. The molecule has 6 heteroatoms. The number of aliphatic carboxylic acids is 1. The number of carbonyl (C=O) groups is 3. The standard InChI is InChI=1S/C15H23NO5/c1-6-7(2)10-5-9(6)11(12(10)15(20)21-4)13(17)16-8(3)14(18)19/h6-12H,5H2,1-4H3,(H,16,17)(H,18,19). The van der Waals surface area contributed by atoms with Crippen LogP contribution in [0.3, 0.4) is 0 Å². The fraction of sp³-hybridized carbons (Fsp3) is 0.800. The van der Waals surface area contributed by atoms with E-state index in [1.165, 1.54) is 14.0 Å². The summed E-state index contributed by atoms with van der Waals surface area (Å²) in [6.07, 6.45) is 0.835. The Morgan fingerprint density at radius 3 is 2.14 bits per heavy atom. The summed E-state index contributed by atoms with van der Waals surface area (Å²) in [6.45, 7) is 5.63. The number of amides is 1. The number of carboxylic acid groups (broad SMARTS) is 1. The minimum absolute atomic E-state index is 0.120. The first-order valence-corrected chi connectivity index (χ1v) is 7.40. The van der Waals surface area contributed by atoms with Crippen LogP contribution in [0, 0.1) is 35.5 Å². The SMILES string of the molecule is COC(=O)C1C2CC(C(C)C2C)C1C(=O)NC(C)C(=O)O. The molecule has 0 aromatic heterocycles. The van der Waals surface area contributed by atoms with Gasteiger partial charge in [-0.1, -0.05) is 13.8 Å². The van der Waals surface area contributed by atoms with E-state index >= 15 is 0 Å². The van der Waals surface area contributed by atoms with Crippen LogP contribution in [0.4, 0.5) is 0 Å². The zero-order valence-electron chi connectivity index (χ0n) is 12.8. The monoisotopic (exact) mass is 297 g/mol. The first-order chi connectivity index (χ1) is 9.79. The van der Waals surface area contributed by atoms with E-state index in [-0.39, 0.29) is 23.7 Å². The molecule has 1 amide bonds. The van der Waals surface area contributed by atoms with Gasteiger partial charge in [-0.3, -0.25) is 14.4 Å². The van der Waals surface area contributed by atoms with Gasteiger partial charge in [0.2, 0.25) is 5.91 Å². The summed E-state index contributed by atoms with van der Waals surface area (Å²) in [4.78, 5) is 35.4. The molecule has 2 aliphatic carbocycles. The van der Waals surface area contributed by atoms with Gasteiger partial charge in [-0.05, 0) is 37.0 Å². The number of ether oxygens (including phenoxy) is 1. The molecule has 118 valence electrons. The first kappa shape index (κ1) is 15.8. The molecule has 6 nitrogen and oxygen atoms in total. The Hall–Kier alpha value is -1.59. The van der Waals surface area contributed by atoms with Crippen LogP contribution in [-0.2, 0) is 19.1 Å². The fourth-order valence-corrected chi connectivity index (χ4v) is 4.19. The highest BCUT2D eigenvalue weighted by molar-refractivity contribution is 5.89. The minimum atomic E-state index is -1.08. The molecule has 7 unspecified atom stereocenters. The van der Waals surface area contributed by atoms with Gasteiger partial charge in [0.1, 0.15) is 6.04 Å². The molecule has 0 heterocycles. The third-order valence-electron chi connectivity index (χ3n) is 5.54. The number of carboxylic acids is 1. The van der Waals surface area contributed by atoms with Crippen LogP contribution in [0.15, 0.2) is 0 Å².